The van der Waals surface area contributed by atoms with Crippen LogP contribution in [0.15, 0.2) is 24.3 Å². The van der Waals surface area contributed by atoms with Gasteiger partial charge in [-0.2, -0.15) is 0 Å². The molecule has 1 fully saturated rings. The van der Waals surface area contributed by atoms with Gasteiger partial charge in [0.2, 0.25) is 0 Å². The Balaban J connectivity index is 1.67. The fourth-order valence-corrected chi connectivity index (χ4v) is 2.58. The number of benzene rings is 1. The molecule has 1 aromatic rings. The topological polar surface area (TPSA) is 38.8 Å². The highest BCUT2D eigenvalue weighted by Gasteiger charge is 2.16. The quantitative estimate of drug-likeness (QED) is 0.756. The summed E-state index contributed by atoms with van der Waals surface area (Å²) in [6.07, 6.45) is 3.72. The first-order chi connectivity index (χ1) is 10.1. The molecule has 4 nitrogen and oxygen atoms in total. The molecule has 0 aliphatic carbocycles. The van der Waals surface area contributed by atoms with Gasteiger partial charge in [-0.1, -0.05) is 24.1 Å². The van der Waals surface area contributed by atoms with Crippen LogP contribution in [0.2, 0.25) is 0 Å². The Morgan fingerprint density at radius 3 is 2.52 bits per heavy atom. The Morgan fingerprint density at radius 2 is 1.86 bits per heavy atom. The molecular formula is C17H25NO3. The first kappa shape index (κ1) is 15.8. The number of rotatable bonds is 6. The highest BCUT2D eigenvalue weighted by atomic mass is 16.6. The van der Waals surface area contributed by atoms with Gasteiger partial charge < -0.3 is 9.47 Å². The van der Waals surface area contributed by atoms with Crippen molar-refractivity contribution < 1.29 is 14.3 Å². The monoisotopic (exact) mass is 291 g/mol. The molecule has 0 radical (unpaired) electrons. The van der Waals surface area contributed by atoms with Gasteiger partial charge in [-0.15, -0.1) is 0 Å². The fourth-order valence-electron chi connectivity index (χ4n) is 2.58. The number of likely N-dealkylation sites (tertiary alicyclic amines) is 1. The molecule has 0 N–H and O–H groups in total. The molecule has 1 aliphatic rings. The molecule has 0 aromatic heterocycles. The van der Waals surface area contributed by atoms with E-state index in [9.17, 15) is 4.79 Å². The van der Waals surface area contributed by atoms with Crippen molar-refractivity contribution in [3.63, 3.8) is 0 Å². The second kappa shape index (κ2) is 8.03. The van der Waals surface area contributed by atoms with E-state index >= 15 is 0 Å². The zero-order valence-electron chi connectivity index (χ0n) is 13.0. The van der Waals surface area contributed by atoms with Gasteiger partial charge in [-0.05, 0) is 51.9 Å². The molecule has 21 heavy (non-hydrogen) atoms. The molecule has 1 saturated heterocycles. The number of nitrogens with zero attached hydrogens (tertiary/aromatic N) is 1. The number of hydrogen-bond donors (Lipinski definition) is 0. The van der Waals surface area contributed by atoms with Gasteiger partial charge in [0.25, 0.3) is 0 Å². The van der Waals surface area contributed by atoms with E-state index in [0.717, 1.165) is 19.6 Å². The fraction of sp³-hybridized carbons (Fsp3) is 0.588. The van der Waals surface area contributed by atoms with Crippen LogP contribution in [-0.4, -0.2) is 43.2 Å². The lowest BCUT2D eigenvalue weighted by atomic mass is 10.1. The third-order valence-corrected chi connectivity index (χ3v) is 3.67. The number of carbonyl (C=O) groups excluding carboxylic acids is 1. The Kier molecular flexibility index (Phi) is 6.05. The van der Waals surface area contributed by atoms with Gasteiger partial charge in [0, 0.05) is 6.54 Å². The maximum atomic E-state index is 11.8. The van der Waals surface area contributed by atoms with E-state index in [1.54, 1.807) is 0 Å². The van der Waals surface area contributed by atoms with Crippen molar-refractivity contribution in [2.45, 2.75) is 39.2 Å². The molecule has 1 heterocycles. The number of esters is 1. The van der Waals surface area contributed by atoms with E-state index in [1.807, 2.05) is 38.1 Å². The van der Waals surface area contributed by atoms with Crippen LogP contribution in [0.25, 0.3) is 0 Å². The normalized spacial score (nSPS) is 17.2. The number of carbonyl (C=O) groups is 1. The second-order valence-corrected chi connectivity index (χ2v) is 5.76. The van der Waals surface area contributed by atoms with Crippen molar-refractivity contribution in [1.82, 2.24) is 4.90 Å². The summed E-state index contributed by atoms with van der Waals surface area (Å²) >= 11 is 0. The van der Waals surface area contributed by atoms with Crippen molar-refractivity contribution in [2.75, 3.05) is 26.2 Å². The summed E-state index contributed by atoms with van der Waals surface area (Å²) in [5.41, 5.74) is 1.17. The minimum Gasteiger partial charge on any atom is -0.482 e. The summed E-state index contributed by atoms with van der Waals surface area (Å²) in [4.78, 5) is 14.1. The molecule has 0 bridgehead atoms. The second-order valence-electron chi connectivity index (χ2n) is 5.76. The predicted octanol–water partition coefficient (Wildman–Crippen LogP) is 2.79. The summed E-state index contributed by atoms with van der Waals surface area (Å²) in [7, 11) is 0. The maximum absolute atomic E-state index is 11.8. The zero-order chi connectivity index (χ0) is 15.1. The molecular weight excluding hydrogens is 266 g/mol. The molecule has 1 atom stereocenters. The number of aryl methyl sites for hydroxylation is 1. The van der Waals surface area contributed by atoms with Crippen molar-refractivity contribution >= 4 is 5.97 Å². The third kappa shape index (κ3) is 5.76. The largest absolute Gasteiger partial charge is 0.482 e. The smallest absolute Gasteiger partial charge is 0.344 e. The molecule has 4 heteroatoms. The molecule has 1 unspecified atom stereocenters. The van der Waals surface area contributed by atoms with Crippen molar-refractivity contribution in [3.05, 3.63) is 29.8 Å². The number of ether oxygens (including phenoxy) is 2. The summed E-state index contributed by atoms with van der Waals surface area (Å²) in [5.74, 6) is 0.390. The van der Waals surface area contributed by atoms with Crippen LogP contribution in [-0.2, 0) is 9.53 Å². The van der Waals surface area contributed by atoms with Gasteiger partial charge in [-0.25, -0.2) is 4.79 Å². The van der Waals surface area contributed by atoms with E-state index in [1.165, 1.54) is 24.8 Å². The van der Waals surface area contributed by atoms with Crippen LogP contribution in [0.4, 0.5) is 0 Å². The Bertz CT molecular complexity index is 438. The molecule has 1 aliphatic heterocycles. The van der Waals surface area contributed by atoms with Crippen LogP contribution in [0.5, 0.6) is 5.75 Å². The minimum absolute atomic E-state index is 0.0343. The van der Waals surface area contributed by atoms with Crippen molar-refractivity contribution in [3.8, 4) is 5.75 Å². The van der Waals surface area contributed by atoms with E-state index < -0.39 is 0 Å². The SMILES string of the molecule is Cc1ccc(OCC(=O)OC(C)CN2CCCCC2)cc1. The molecule has 0 spiro atoms. The lowest BCUT2D eigenvalue weighted by Gasteiger charge is -2.28. The summed E-state index contributed by atoms with van der Waals surface area (Å²) < 4.78 is 10.8. The number of hydrogen-bond acceptors (Lipinski definition) is 4. The van der Waals surface area contributed by atoms with Gasteiger partial charge in [0.15, 0.2) is 6.61 Å². The van der Waals surface area contributed by atoms with E-state index in [4.69, 9.17) is 9.47 Å². The van der Waals surface area contributed by atoms with Gasteiger partial charge in [-0.3, -0.25) is 4.90 Å². The molecule has 0 amide bonds. The first-order valence-electron chi connectivity index (χ1n) is 7.75. The van der Waals surface area contributed by atoms with Crippen LogP contribution >= 0.6 is 0 Å². The Hall–Kier alpha value is -1.55. The average Bonchev–Trinajstić information content (AvgIpc) is 2.47. The van der Waals surface area contributed by atoms with Crippen molar-refractivity contribution in [1.29, 1.82) is 0 Å². The zero-order valence-corrected chi connectivity index (χ0v) is 13.0. The lowest BCUT2D eigenvalue weighted by Crippen LogP contribution is -2.37. The van der Waals surface area contributed by atoms with Gasteiger partial charge in [0.05, 0.1) is 0 Å². The standard InChI is InChI=1S/C17H25NO3/c1-14-6-8-16(9-7-14)20-13-17(19)21-15(2)12-18-10-4-3-5-11-18/h6-9,15H,3-5,10-13H2,1-2H3. The number of piperidine rings is 1. The minimum atomic E-state index is -0.305. The molecule has 116 valence electrons. The summed E-state index contributed by atoms with van der Waals surface area (Å²) in [6, 6.07) is 7.64. The lowest BCUT2D eigenvalue weighted by molar-refractivity contribution is -0.151. The van der Waals surface area contributed by atoms with E-state index in [2.05, 4.69) is 4.90 Å². The van der Waals surface area contributed by atoms with E-state index in [-0.39, 0.29) is 18.7 Å². The Labute approximate surface area is 127 Å². The molecule has 0 saturated carbocycles. The highest BCUT2D eigenvalue weighted by molar-refractivity contribution is 5.71. The maximum Gasteiger partial charge on any atom is 0.344 e. The predicted molar refractivity (Wildman–Crippen MR) is 82.5 cm³/mol. The molecule has 2 rings (SSSR count). The van der Waals surface area contributed by atoms with Crippen molar-refractivity contribution in [2.24, 2.45) is 0 Å². The van der Waals surface area contributed by atoms with Crippen LogP contribution < -0.4 is 4.74 Å². The first-order valence-corrected chi connectivity index (χ1v) is 7.75. The Morgan fingerprint density at radius 1 is 1.19 bits per heavy atom. The summed E-state index contributed by atoms with van der Waals surface area (Å²) in [6.45, 7) is 6.96. The van der Waals surface area contributed by atoms with Gasteiger partial charge in [0.1, 0.15) is 11.9 Å². The van der Waals surface area contributed by atoms with Crippen LogP contribution in [0.3, 0.4) is 0 Å². The highest BCUT2D eigenvalue weighted by Crippen LogP contribution is 2.12. The van der Waals surface area contributed by atoms with Crippen LogP contribution in [0, 0.1) is 6.92 Å². The van der Waals surface area contributed by atoms with Gasteiger partial charge >= 0.3 is 5.97 Å². The molecule has 1 aromatic carbocycles. The average molecular weight is 291 g/mol. The van der Waals surface area contributed by atoms with E-state index in [0.29, 0.717) is 5.75 Å². The third-order valence-electron chi connectivity index (χ3n) is 3.67. The van der Waals surface area contributed by atoms with Crippen LogP contribution in [0.1, 0.15) is 31.7 Å². The summed E-state index contributed by atoms with van der Waals surface area (Å²) in [5, 5.41) is 0.